The molecular weight excluding hydrogens is 238 g/mol. The zero-order chi connectivity index (χ0) is 11.6. The summed E-state index contributed by atoms with van der Waals surface area (Å²) >= 11 is 3.53. The van der Waals surface area contributed by atoms with Gasteiger partial charge in [0.25, 0.3) is 0 Å². The minimum absolute atomic E-state index is 0.217. The number of rotatable bonds is 4. The first-order valence-corrected chi connectivity index (χ1v) is 7.20. The second kappa shape index (κ2) is 4.59. The number of anilines is 1. The maximum Gasteiger partial charge on any atom is 0.147 e. The van der Waals surface area contributed by atoms with E-state index >= 15 is 0 Å². The molecule has 2 aromatic heterocycles. The molecule has 2 heterocycles. The van der Waals surface area contributed by atoms with Gasteiger partial charge in [0.05, 0.1) is 10.2 Å². The average molecular weight is 253 g/mol. The fourth-order valence-corrected chi connectivity index (χ4v) is 2.31. The largest absolute Gasteiger partial charge is 0.367 e. The quantitative estimate of drug-likeness (QED) is 0.907. The predicted octanol–water partition coefficient (Wildman–Crippen LogP) is 3.24. The van der Waals surface area contributed by atoms with Crippen LogP contribution in [0.4, 0.5) is 5.82 Å². The van der Waals surface area contributed by atoms with Gasteiger partial charge in [0.1, 0.15) is 12.1 Å². The van der Waals surface area contributed by atoms with E-state index in [1.165, 1.54) is 0 Å². The van der Waals surface area contributed by atoms with E-state index < -0.39 is 0 Å². The van der Waals surface area contributed by atoms with Gasteiger partial charge in [-0.15, -0.1) is 11.3 Å². The first-order valence-electron chi connectivity index (χ1n) is 5.09. The minimum atomic E-state index is 0.217. The van der Waals surface area contributed by atoms with E-state index in [0.29, 0.717) is 0 Å². The highest BCUT2D eigenvalue weighted by atomic mass is 32.2. The molecule has 86 valence electrons. The van der Waals surface area contributed by atoms with Crippen LogP contribution in [0.25, 0.3) is 10.2 Å². The van der Waals surface area contributed by atoms with Gasteiger partial charge in [-0.1, -0.05) is 0 Å². The highest BCUT2D eigenvalue weighted by Crippen LogP contribution is 2.27. The van der Waals surface area contributed by atoms with Gasteiger partial charge in [0.2, 0.25) is 0 Å². The van der Waals surface area contributed by atoms with E-state index in [4.69, 9.17) is 0 Å². The number of nitrogens with zero attached hydrogens (tertiary/aromatic N) is 2. The maximum absolute atomic E-state index is 4.30. The van der Waals surface area contributed by atoms with Crippen molar-refractivity contribution < 1.29 is 0 Å². The molecule has 0 amide bonds. The maximum atomic E-state index is 4.30. The van der Waals surface area contributed by atoms with E-state index in [-0.39, 0.29) is 4.75 Å². The van der Waals surface area contributed by atoms with Gasteiger partial charge in [-0.3, -0.25) is 0 Å². The monoisotopic (exact) mass is 253 g/mol. The Balaban J connectivity index is 2.18. The molecule has 0 bridgehead atoms. The smallest absolute Gasteiger partial charge is 0.147 e. The lowest BCUT2D eigenvalue weighted by Crippen LogP contribution is -2.26. The van der Waals surface area contributed by atoms with Crippen LogP contribution in [0, 0.1) is 0 Å². The number of nitrogens with one attached hydrogen (secondary N) is 1. The number of hydrogen-bond donors (Lipinski definition) is 1. The summed E-state index contributed by atoms with van der Waals surface area (Å²) in [5.41, 5.74) is 1.02. The van der Waals surface area contributed by atoms with E-state index in [1.807, 2.05) is 23.2 Å². The lowest BCUT2D eigenvalue weighted by Gasteiger charge is -2.22. The molecule has 3 nitrogen and oxygen atoms in total. The summed E-state index contributed by atoms with van der Waals surface area (Å²) in [6, 6.07) is 2.02. The Bertz CT molecular complexity index is 479. The van der Waals surface area contributed by atoms with E-state index in [1.54, 1.807) is 17.7 Å². The van der Waals surface area contributed by atoms with Crippen LogP contribution in [0.15, 0.2) is 17.8 Å². The van der Waals surface area contributed by atoms with Crippen molar-refractivity contribution >= 4 is 39.1 Å². The van der Waals surface area contributed by atoms with Crippen molar-refractivity contribution in [1.29, 1.82) is 0 Å². The van der Waals surface area contributed by atoms with Crippen LogP contribution < -0.4 is 5.32 Å². The topological polar surface area (TPSA) is 37.8 Å². The third kappa shape index (κ3) is 2.47. The van der Waals surface area contributed by atoms with Gasteiger partial charge in [0.15, 0.2) is 0 Å². The molecule has 0 fully saturated rings. The summed E-state index contributed by atoms with van der Waals surface area (Å²) in [4.78, 5) is 8.52. The molecule has 2 rings (SSSR count). The Kier molecular flexibility index (Phi) is 3.35. The van der Waals surface area contributed by atoms with Crippen molar-refractivity contribution in [3.05, 3.63) is 17.8 Å². The Morgan fingerprint density at radius 1 is 1.44 bits per heavy atom. The third-order valence-corrected chi connectivity index (χ3v) is 4.64. The van der Waals surface area contributed by atoms with Crippen molar-refractivity contribution in [2.75, 3.05) is 18.1 Å². The van der Waals surface area contributed by atoms with Crippen LogP contribution in [-0.2, 0) is 0 Å². The second-order valence-electron chi connectivity index (χ2n) is 4.17. The molecule has 0 aliphatic rings. The van der Waals surface area contributed by atoms with Gasteiger partial charge in [-0.2, -0.15) is 11.8 Å². The first kappa shape index (κ1) is 11.7. The normalized spacial score (nSPS) is 11.9. The SMILES string of the molecule is CSC(C)(C)CNc1ncnc2ccsc12. The van der Waals surface area contributed by atoms with E-state index in [0.717, 1.165) is 22.6 Å². The number of thioether (sulfide) groups is 1. The Labute approximate surface area is 104 Å². The van der Waals surface area contributed by atoms with Crippen LogP contribution in [0.2, 0.25) is 0 Å². The molecule has 0 aromatic carbocycles. The van der Waals surface area contributed by atoms with E-state index in [9.17, 15) is 0 Å². The molecule has 0 aliphatic carbocycles. The van der Waals surface area contributed by atoms with Crippen molar-refractivity contribution in [2.45, 2.75) is 18.6 Å². The molecule has 0 atom stereocenters. The van der Waals surface area contributed by atoms with Crippen LogP contribution >= 0.6 is 23.1 Å². The van der Waals surface area contributed by atoms with Gasteiger partial charge < -0.3 is 5.32 Å². The zero-order valence-corrected chi connectivity index (χ0v) is 11.3. The molecule has 0 aliphatic heterocycles. The number of hydrogen-bond acceptors (Lipinski definition) is 5. The molecule has 0 saturated carbocycles. The molecule has 1 N–H and O–H groups in total. The van der Waals surface area contributed by atoms with Crippen molar-refractivity contribution in [3.63, 3.8) is 0 Å². The highest BCUT2D eigenvalue weighted by molar-refractivity contribution is 7.99. The number of aromatic nitrogens is 2. The highest BCUT2D eigenvalue weighted by Gasteiger charge is 2.16. The average Bonchev–Trinajstić information content (AvgIpc) is 2.75. The van der Waals surface area contributed by atoms with Gasteiger partial charge >= 0.3 is 0 Å². The fourth-order valence-electron chi connectivity index (χ4n) is 1.28. The zero-order valence-electron chi connectivity index (χ0n) is 9.65. The van der Waals surface area contributed by atoms with Crippen molar-refractivity contribution in [1.82, 2.24) is 9.97 Å². The van der Waals surface area contributed by atoms with Crippen molar-refractivity contribution in [2.24, 2.45) is 0 Å². The standard InChI is InChI=1S/C11H15N3S2/c1-11(2,15-3)6-12-10-9-8(4-5-16-9)13-7-14-10/h4-5,7H,6H2,1-3H3,(H,12,13,14). The minimum Gasteiger partial charge on any atom is -0.367 e. The molecule has 0 unspecified atom stereocenters. The molecule has 2 aromatic rings. The van der Waals surface area contributed by atoms with Gasteiger partial charge in [-0.05, 0) is 31.5 Å². The summed E-state index contributed by atoms with van der Waals surface area (Å²) in [5.74, 6) is 0.946. The van der Waals surface area contributed by atoms with Crippen molar-refractivity contribution in [3.8, 4) is 0 Å². The lowest BCUT2D eigenvalue weighted by molar-refractivity contribution is 0.751. The second-order valence-corrected chi connectivity index (χ2v) is 6.60. The van der Waals surface area contributed by atoms with Gasteiger partial charge in [0, 0.05) is 11.3 Å². The van der Waals surface area contributed by atoms with Crippen LogP contribution in [0.3, 0.4) is 0 Å². The summed E-state index contributed by atoms with van der Waals surface area (Å²) in [6.07, 6.45) is 3.74. The molecule has 0 spiro atoms. The third-order valence-electron chi connectivity index (χ3n) is 2.48. The molecule has 0 saturated heterocycles. The summed E-state index contributed by atoms with van der Waals surface area (Å²) in [5, 5.41) is 5.45. The number of thiophene rings is 1. The molecular formula is C11H15N3S2. The molecule has 16 heavy (non-hydrogen) atoms. The predicted molar refractivity (Wildman–Crippen MR) is 73.5 cm³/mol. The summed E-state index contributed by atoms with van der Waals surface area (Å²) in [6.45, 7) is 5.34. The Morgan fingerprint density at radius 3 is 3.00 bits per heavy atom. The summed E-state index contributed by atoms with van der Waals surface area (Å²) < 4.78 is 1.36. The van der Waals surface area contributed by atoms with Crippen LogP contribution in [0.5, 0.6) is 0 Å². The Morgan fingerprint density at radius 2 is 2.25 bits per heavy atom. The molecule has 5 heteroatoms. The first-order chi connectivity index (χ1) is 7.62. The summed E-state index contributed by atoms with van der Waals surface area (Å²) in [7, 11) is 0. The fraction of sp³-hybridized carbons (Fsp3) is 0.455. The lowest BCUT2D eigenvalue weighted by atomic mass is 10.2. The Hall–Kier alpha value is -0.810. The van der Waals surface area contributed by atoms with Crippen LogP contribution in [-0.4, -0.2) is 27.5 Å². The van der Waals surface area contributed by atoms with Gasteiger partial charge in [-0.25, -0.2) is 9.97 Å². The van der Waals surface area contributed by atoms with Crippen LogP contribution in [0.1, 0.15) is 13.8 Å². The number of fused-ring (bicyclic) bond motifs is 1. The van der Waals surface area contributed by atoms with E-state index in [2.05, 4.69) is 35.4 Å². The molecule has 0 radical (unpaired) electrons.